The Bertz CT molecular complexity index is 425. The molecule has 2 rings (SSSR count). The first kappa shape index (κ1) is 15.7. The van der Waals surface area contributed by atoms with Crippen molar-refractivity contribution in [3.8, 4) is 0 Å². The van der Waals surface area contributed by atoms with Crippen LogP contribution in [-0.4, -0.2) is 53.7 Å². The number of hydrogen-bond donors (Lipinski definition) is 1. The van der Waals surface area contributed by atoms with E-state index in [4.69, 9.17) is 5.73 Å². The van der Waals surface area contributed by atoms with E-state index in [0.717, 1.165) is 10.7 Å². The van der Waals surface area contributed by atoms with Gasteiger partial charge in [0.25, 0.3) is 0 Å². The van der Waals surface area contributed by atoms with Gasteiger partial charge in [0, 0.05) is 38.1 Å². The molecule has 1 aliphatic heterocycles. The molecular formula is C12H19F3N4S. The molecule has 1 aromatic rings. The SMILES string of the molecule is CC(N)c1nc(CN2CCN(CC(F)(F)F)CC2)cs1. The lowest BCUT2D eigenvalue weighted by atomic mass is 10.3. The first-order valence-electron chi connectivity index (χ1n) is 6.55. The summed E-state index contributed by atoms with van der Waals surface area (Å²) in [6.45, 7) is 3.93. The Morgan fingerprint density at radius 3 is 2.40 bits per heavy atom. The highest BCUT2D eigenvalue weighted by molar-refractivity contribution is 7.09. The fourth-order valence-corrected chi connectivity index (χ4v) is 2.96. The lowest BCUT2D eigenvalue weighted by Gasteiger charge is -2.34. The van der Waals surface area contributed by atoms with Crippen LogP contribution in [0.4, 0.5) is 13.2 Å². The second-order valence-corrected chi connectivity index (χ2v) is 6.02. The third-order valence-corrected chi connectivity index (χ3v) is 4.31. The van der Waals surface area contributed by atoms with Crippen LogP contribution in [0.3, 0.4) is 0 Å². The lowest BCUT2D eigenvalue weighted by Crippen LogP contribution is -2.48. The number of piperazine rings is 1. The summed E-state index contributed by atoms with van der Waals surface area (Å²) in [5.41, 5.74) is 6.71. The minimum absolute atomic E-state index is 0.0719. The first-order chi connectivity index (χ1) is 9.33. The number of hydrogen-bond acceptors (Lipinski definition) is 5. The zero-order valence-corrected chi connectivity index (χ0v) is 12.2. The van der Waals surface area contributed by atoms with E-state index in [0.29, 0.717) is 32.7 Å². The second kappa shape index (κ2) is 6.38. The van der Waals surface area contributed by atoms with E-state index in [-0.39, 0.29) is 6.04 Å². The zero-order valence-electron chi connectivity index (χ0n) is 11.4. The smallest absolute Gasteiger partial charge is 0.322 e. The van der Waals surface area contributed by atoms with E-state index >= 15 is 0 Å². The average molecular weight is 308 g/mol. The number of halogens is 3. The Kier molecular flexibility index (Phi) is 5.00. The summed E-state index contributed by atoms with van der Waals surface area (Å²) in [4.78, 5) is 8.02. The van der Waals surface area contributed by atoms with Crippen LogP contribution in [0.25, 0.3) is 0 Å². The van der Waals surface area contributed by atoms with Crippen molar-refractivity contribution in [1.29, 1.82) is 0 Å². The fourth-order valence-electron chi connectivity index (χ4n) is 2.19. The summed E-state index contributed by atoms with van der Waals surface area (Å²) in [5, 5.41) is 2.87. The topological polar surface area (TPSA) is 45.4 Å². The molecule has 0 bridgehead atoms. The van der Waals surface area contributed by atoms with Gasteiger partial charge in [-0.1, -0.05) is 0 Å². The van der Waals surface area contributed by atoms with Crippen molar-refractivity contribution in [2.24, 2.45) is 5.73 Å². The van der Waals surface area contributed by atoms with Gasteiger partial charge in [-0.2, -0.15) is 13.2 Å². The molecule has 0 saturated carbocycles. The molecule has 2 heterocycles. The molecule has 1 fully saturated rings. The molecule has 1 saturated heterocycles. The maximum absolute atomic E-state index is 12.3. The molecule has 8 heteroatoms. The second-order valence-electron chi connectivity index (χ2n) is 5.13. The van der Waals surface area contributed by atoms with Crippen molar-refractivity contribution in [1.82, 2.24) is 14.8 Å². The van der Waals surface area contributed by atoms with Gasteiger partial charge in [0.05, 0.1) is 18.3 Å². The van der Waals surface area contributed by atoms with Crippen LogP contribution in [0.1, 0.15) is 23.7 Å². The molecule has 0 amide bonds. The summed E-state index contributed by atoms with van der Waals surface area (Å²) >= 11 is 1.53. The van der Waals surface area contributed by atoms with Crippen LogP contribution in [-0.2, 0) is 6.54 Å². The molecule has 1 aromatic heterocycles. The molecular weight excluding hydrogens is 289 g/mol. The van der Waals surface area contributed by atoms with Crippen LogP contribution in [0, 0.1) is 0 Å². The molecule has 4 nitrogen and oxygen atoms in total. The van der Waals surface area contributed by atoms with Gasteiger partial charge in [-0.05, 0) is 6.92 Å². The van der Waals surface area contributed by atoms with Gasteiger partial charge in [-0.3, -0.25) is 9.80 Å². The Hall–Kier alpha value is -0.700. The van der Waals surface area contributed by atoms with Crippen LogP contribution in [0.15, 0.2) is 5.38 Å². The van der Waals surface area contributed by atoms with Gasteiger partial charge in [-0.25, -0.2) is 4.98 Å². The fraction of sp³-hybridized carbons (Fsp3) is 0.750. The van der Waals surface area contributed by atoms with Gasteiger partial charge < -0.3 is 5.73 Å². The van der Waals surface area contributed by atoms with E-state index in [1.807, 2.05) is 12.3 Å². The molecule has 0 aliphatic carbocycles. The number of nitrogens with two attached hydrogens (primary N) is 1. The average Bonchev–Trinajstić information content (AvgIpc) is 2.78. The third kappa shape index (κ3) is 4.69. The van der Waals surface area contributed by atoms with E-state index in [9.17, 15) is 13.2 Å². The van der Waals surface area contributed by atoms with Crippen molar-refractivity contribution >= 4 is 11.3 Å². The number of rotatable bonds is 4. The largest absolute Gasteiger partial charge is 0.401 e. The molecule has 0 radical (unpaired) electrons. The molecule has 0 aromatic carbocycles. The number of alkyl halides is 3. The predicted octanol–water partition coefficient (Wildman–Crippen LogP) is 1.84. The normalized spacial score (nSPS) is 20.2. The maximum atomic E-state index is 12.3. The van der Waals surface area contributed by atoms with Crippen molar-refractivity contribution in [3.05, 3.63) is 16.1 Å². The van der Waals surface area contributed by atoms with E-state index in [1.54, 1.807) is 0 Å². The monoisotopic (exact) mass is 308 g/mol. The Balaban J connectivity index is 1.79. The summed E-state index contributed by atoms with van der Waals surface area (Å²) in [7, 11) is 0. The third-order valence-electron chi connectivity index (χ3n) is 3.21. The Morgan fingerprint density at radius 2 is 1.90 bits per heavy atom. The summed E-state index contributed by atoms with van der Waals surface area (Å²) in [6, 6.07) is -0.0719. The lowest BCUT2D eigenvalue weighted by molar-refractivity contribution is -0.149. The van der Waals surface area contributed by atoms with E-state index < -0.39 is 12.7 Å². The highest BCUT2D eigenvalue weighted by atomic mass is 32.1. The van der Waals surface area contributed by atoms with Crippen LogP contribution in [0.2, 0.25) is 0 Å². The summed E-state index contributed by atoms with van der Waals surface area (Å²) in [5.74, 6) is 0. The minimum atomic E-state index is -4.11. The quantitative estimate of drug-likeness (QED) is 0.922. The van der Waals surface area contributed by atoms with Gasteiger partial charge in [0.1, 0.15) is 5.01 Å². The number of nitrogens with zero attached hydrogens (tertiary/aromatic N) is 3. The molecule has 0 spiro atoms. The zero-order chi connectivity index (χ0) is 14.8. The van der Waals surface area contributed by atoms with Crippen LogP contribution < -0.4 is 5.73 Å². The first-order valence-corrected chi connectivity index (χ1v) is 7.43. The molecule has 1 aliphatic rings. The summed E-state index contributed by atoms with van der Waals surface area (Å²) in [6.07, 6.45) is -4.11. The molecule has 20 heavy (non-hydrogen) atoms. The highest BCUT2D eigenvalue weighted by Crippen LogP contribution is 2.19. The Labute approximate surface area is 120 Å². The predicted molar refractivity (Wildman–Crippen MR) is 72.5 cm³/mol. The van der Waals surface area contributed by atoms with Gasteiger partial charge in [0.2, 0.25) is 0 Å². The van der Waals surface area contributed by atoms with Crippen molar-refractivity contribution in [3.63, 3.8) is 0 Å². The maximum Gasteiger partial charge on any atom is 0.401 e. The van der Waals surface area contributed by atoms with Gasteiger partial charge >= 0.3 is 6.18 Å². The molecule has 1 unspecified atom stereocenters. The van der Waals surface area contributed by atoms with Crippen molar-refractivity contribution in [2.45, 2.75) is 25.7 Å². The molecule has 1 atom stereocenters. The van der Waals surface area contributed by atoms with Gasteiger partial charge in [0.15, 0.2) is 0 Å². The standard InChI is InChI=1S/C12H19F3N4S/c1-9(16)11-17-10(7-20-11)6-18-2-4-19(5-3-18)8-12(13,14)15/h7,9H,2-6,8,16H2,1H3. The van der Waals surface area contributed by atoms with Crippen LogP contribution >= 0.6 is 11.3 Å². The van der Waals surface area contributed by atoms with E-state index in [1.165, 1.54) is 16.2 Å². The van der Waals surface area contributed by atoms with Crippen molar-refractivity contribution < 1.29 is 13.2 Å². The van der Waals surface area contributed by atoms with E-state index in [2.05, 4.69) is 9.88 Å². The molecule has 2 N–H and O–H groups in total. The minimum Gasteiger partial charge on any atom is -0.322 e. The van der Waals surface area contributed by atoms with Crippen LogP contribution in [0.5, 0.6) is 0 Å². The summed E-state index contributed by atoms with van der Waals surface area (Å²) < 4.78 is 36.9. The number of thiazole rings is 1. The Morgan fingerprint density at radius 1 is 1.30 bits per heavy atom. The molecule has 114 valence electrons. The highest BCUT2D eigenvalue weighted by Gasteiger charge is 2.32. The number of aromatic nitrogens is 1. The van der Waals surface area contributed by atoms with Crippen molar-refractivity contribution in [2.75, 3.05) is 32.7 Å². The van der Waals surface area contributed by atoms with Gasteiger partial charge in [-0.15, -0.1) is 11.3 Å².